The first-order chi connectivity index (χ1) is 11.7. The minimum absolute atomic E-state index is 0.0588. The van der Waals surface area contributed by atoms with E-state index in [-0.39, 0.29) is 11.9 Å². The maximum absolute atomic E-state index is 12.3. The highest BCUT2D eigenvalue weighted by atomic mass is 32.2. The molecule has 0 aliphatic carbocycles. The van der Waals surface area contributed by atoms with Gasteiger partial charge in [-0.2, -0.15) is 11.8 Å². The van der Waals surface area contributed by atoms with Crippen molar-refractivity contribution >= 4 is 17.7 Å². The van der Waals surface area contributed by atoms with E-state index in [0.29, 0.717) is 13.0 Å². The van der Waals surface area contributed by atoms with Crippen LogP contribution < -0.4 is 5.32 Å². The Morgan fingerprint density at radius 2 is 2.12 bits per heavy atom. The Bertz CT molecular complexity index is 651. The van der Waals surface area contributed by atoms with Gasteiger partial charge in [-0.25, -0.2) is 0 Å². The Labute approximate surface area is 147 Å². The number of carbonyl (C=O) groups excluding carboxylic acids is 1. The first kappa shape index (κ1) is 17.1. The van der Waals surface area contributed by atoms with Gasteiger partial charge in [0.2, 0.25) is 5.91 Å². The second-order valence-corrected chi connectivity index (χ2v) is 7.37. The van der Waals surface area contributed by atoms with Gasteiger partial charge in [-0.3, -0.25) is 9.69 Å². The maximum Gasteiger partial charge on any atom is 0.224 e. The van der Waals surface area contributed by atoms with Gasteiger partial charge in [-0.05, 0) is 24.6 Å². The molecule has 1 saturated heterocycles. The number of nitrogens with zero attached hydrogens (tertiary/aromatic N) is 1. The summed E-state index contributed by atoms with van der Waals surface area (Å²) in [5.41, 5.74) is 2.23. The van der Waals surface area contributed by atoms with Crippen molar-refractivity contribution in [1.82, 2.24) is 10.2 Å². The van der Waals surface area contributed by atoms with Gasteiger partial charge in [0.05, 0.1) is 18.7 Å². The Morgan fingerprint density at radius 3 is 2.83 bits per heavy atom. The molecule has 128 valence electrons. The molecule has 5 heteroatoms. The van der Waals surface area contributed by atoms with Crippen molar-refractivity contribution in [3.8, 4) is 0 Å². The fraction of sp³-hybridized carbons (Fsp3) is 0.421. The van der Waals surface area contributed by atoms with Crippen LogP contribution in [0.3, 0.4) is 0 Å². The minimum atomic E-state index is 0.0588. The zero-order valence-electron chi connectivity index (χ0n) is 14.0. The van der Waals surface area contributed by atoms with Gasteiger partial charge >= 0.3 is 0 Å². The summed E-state index contributed by atoms with van der Waals surface area (Å²) in [6, 6.07) is 12.1. The van der Waals surface area contributed by atoms with E-state index >= 15 is 0 Å². The van der Waals surface area contributed by atoms with Crippen LogP contribution in [-0.4, -0.2) is 41.9 Å². The number of hydrogen-bond donors (Lipinski definition) is 1. The van der Waals surface area contributed by atoms with Crippen LogP contribution in [0, 0.1) is 6.92 Å². The first-order valence-electron chi connectivity index (χ1n) is 8.40. The second-order valence-electron chi connectivity index (χ2n) is 6.15. The van der Waals surface area contributed by atoms with Crippen LogP contribution in [0.2, 0.25) is 0 Å². The molecule has 1 N–H and O–H groups in total. The summed E-state index contributed by atoms with van der Waals surface area (Å²) in [6.07, 6.45) is 2.12. The van der Waals surface area contributed by atoms with Crippen LogP contribution >= 0.6 is 11.8 Å². The highest BCUT2D eigenvalue weighted by Gasteiger charge is 2.25. The molecule has 1 aliphatic heterocycles. The van der Waals surface area contributed by atoms with Gasteiger partial charge in [-0.15, -0.1) is 0 Å². The van der Waals surface area contributed by atoms with E-state index in [1.807, 2.05) is 49.0 Å². The molecular weight excluding hydrogens is 320 g/mol. The number of nitrogens with one attached hydrogen (secondary N) is 1. The second kappa shape index (κ2) is 8.40. The Hall–Kier alpha value is -1.72. The molecule has 3 rings (SSSR count). The van der Waals surface area contributed by atoms with Crippen LogP contribution in [0.5, 0.6) is 0 Å². The van der Waals surface area contributed by atoms with E-state index in [0.717, 1.165) is 35.9 Å². The third-order valence-corrected chi connectivity index (χ3v) is 5.24. The average molecular weight is 344 g/mol. The molecular formula is C19H24N2O2S. The molecule has 1 aromatic carbocycles. The van der Waals surface area contributed by atoms with Gasteiger partial charge in [-0.1, -0.05) is 29.8 Å². The molecule has 0 saturated carbocycles. The summed E-state index contributed by atoms with van der Waals surface area (Å²) >= 11 is 1.98. The molecule has 0 unspecified atom stereocenters. The fourth-order valence-corrected chi connectivity index (χ4v) is 3.99. The van der Waals surface area contributed by atoms with Crippen molar-refractivity contribution in [2.45, 2.75) is 19.4 Å². The van der Waals surface area contributed by atoms with E-state index in [1.54, 1.807) is 6.26 Å². The van der Waals surface area contributed by atoms with Crippen LogP contribution in [0.4, 0.5) is 0 Å². The van der Waals surface area contributed by atoms with Gasteiger partial charge < -0.3 is 9.73 Å². The Kier molecular flexibility index (Phi) is 5.99. The van der Waals surface area contributed by atoms with Crippen molar-refractivity contribution in [1.29, 1.82) is 0 Å². The van der Waals surface area contributed by atoms with Crippen LogP contribution in [0.1, 0.15) is 22.9 Å². The minimum Gasteiger partial charge on any atom is -0.468 e. The third kappa shape index (κ3) is 4.65. The molecule has 2 aromatic rings. The summed E-state index contributed by atoms with van der Waals surface area (Å²) in [5, 5.41) is 3.09. The van der Waals surface area contributed by atoms with Crippen molar-refractivity contribution in [2.24, 2.45) is 0 Å². The zero-order valence-corrected chi connectivity index (χ0v) is 14.8. The number of furan rings is 1. The molecule has 1 atom stereocenters. The topological polar surface area (TPSA) is 45.5 Å². The predicted octanol–water partition coefficient (Wildman–Crippen LogP) is 3.04. The van der Waals surface area contributed by atoms with Gasteiger partial charge in [0.15, 0.2) is 0 Å². The average Bonchev–Trinajstić information content (AvgIpc) is 3.10. The van der Waals surface area contributed by atoms with Crippen molar-refractivity contribution < 1.29 is 9.21 Å². The van der Waals surface area contributed by atoms with E-state index in [9.17, 15) is 4.79 Å². The zero-order chi connectivity index (χ0) is 16.8. The first-order valence-corrected chi connectivity index (χ1v) is 9.55. The number of amides is 1. The standard InChI is InChI=1S/C19H24N2O2S/c1-15-4-2-5-16(12-15)13-19(22)20-14-17(18-6-3-9-23-18)21-7-10-24-11-8-21/h2-6,9,12,17H,7-8,10-11,13-14H2,1H3,(H,20,22)/t17-/m0/s1. The number of hydrogen-bond acceptors (Lipinski definition) is 4. The molecule has 0 spiro atoms. The number of benzene rings is 1. The van der Waals surface area contributed by atoms with Gasteiger partial charge in [0.25, 0.3) is 0 Å². The van der Waals surface area contributed by atoms with Crippen LogP contribution in [0.15, 0.2) is 47.1 Å². The van der Waals surface area contributed by atoms with Crippen LogP contribution in [0.25, 0.3) is 0 Å². The highest BCUT2D eigenvalue weighted by Crippen LogP contribution is 2.24. The van der Waals surface area contributed by atoms with E-state index in [1.165, 1.54) is 5.56 Å². The fourth-order valence-electron chi connectivity index (χ4n) is 3.06. The lowest BCUT2D eigenvalue weighted by Gasteiger charge is -2.33. The largest absolute Gasteiger partial charge is 0.468 e. The lowest BCUT2D eigenvalue weighted by molar-refractivity contribution is -0.120. The SMILES string of the molecule is Cc1cccc(CC(=O)NC[C@@H](c2ccco2)N2CCSCC2)c1. The highest BCUT2D eigenvalue weighted by molar-refractivity contribution is 7.99. The summed E-state index contributed by atoms with van der Waals surface area (Å²) in [4.78, 5) is 14.7. The van der Waals surface area contributed by atoms with Crippen molar-refractivity contribution in [3.05, 3.63) is 59.5 Å². The Balaban J connectivity index is 1.59. The van der Waals surface area contributed by atoms with Crippen molar-refractivity contribution in [2.75, 3.05) is 31.1 Å². The molecule has 1 aromatic heterocycles. The predicted molar refractivity (Wildman–Crippen MR) is 98.2 cm³/mol. The van der Waals surface area contributed by atoms with E-state index in [2.05, 4.69) is 16.3 Å². The quantitative estimate of drug-likeness (QED) is 0.875. The van der Waals surface area contributed by atoms with E-state index < -0.39 is 0 Å². The third-order valence-electron chi connectivity index (χ3n) is 4.30. The van der Waals surface area contributed by atoms with E-state index in [4.69, 9.17) is 4.42 Å². The number of thioether (sulfide) groups is 1. The van der Waals surface area contributed by atoms with Crippen LogP contribution in [-0.2, 0) is 11.2 Å². The number of aryl methyl sites for hydroxylation is 1. The van der Waals surface area contributed by atoms with Gasteiger partial charge in [0.1, 0.15) is 5.76 Å². The molecule has 0 radical (unpaired) electrons. The normalized spacial score (nSPS) is 16.7. The number of carbonyl (C=O) groups is 1. The summed E-state index contributed by atoms with van der Waals surface area (Å²) in [5.74, 6) is 3.25. The number of rotatable bonds is 6. The molecule has 1 aliphatic rings. The summed E-state index contributed by atoms with van der Waals surface area (Å²) in [7, 11) is 0. The molecule has 1 amide bonds. The molecule has 1 fully saturated rings. The molecule has 0 bridgehead atoms. The van der Waals surface area contributed by atoms with Crippen molar-refractivity contribution in [3.63, 3.8) is 0 Å². The lowest BCUT2D eigenvalue weighted by Crippen LogP contribution is -2.42. The molecule has 2 heterocycles. The monoisotopic (exact) mass is 344 g/mol. The van der Waals surface area contributed by atoms with Gasteiger partial charge in [0, 0.05) is 31.1 Å². The summed E-state index contributed by atoms with van der Waals surface area (Å²) in [6.45, 7) is 4.69. The lowest BCUT2D eigenvalue weighted by atomic mass is 10.1. The Morgan fingerprint density at radius 1 is 1.29 bits per heavy atom. The molecule has 24 heavy (non-hydrogen) atoms. The molecule has 4 nitrogen and oxygen atoms in total. The summed E-state index contributed by atoms with van der Waals surface area (Å²) < 4.78 is 5.62. The smallest absolute Gasteiger partial charge is 0.224 e. The maximum atomic E-state index is 12.3.